The molecule has 2 aliphatic rings. The first-order valence-corrected chi connectivity index (χ1v) is 5.94. The fourth-order valence-corrected chi connectivity index (χ4v) is 2.53. The molecule has 1 aliphatic heterocycles. The maximum Gasteiger partial charge on any atom is 0.410 e. The third kappa shape index (κ3) is 2.37. The van der Waals surface area contributed by atoms with Crippen LogP contribution in [0.3, 0.4) is 0 Å². The Morgan fingerprint density at radius 2 is 2.06 bits per heavy atom. The Morgan fingerprint density at radius 1 is 1.41 bits per heavy atom. The molecule has 1 N–H and O–H groups in total. The second-order valence-electron chi connectivity index (χ2n) is 6.11. The molecule has 1 saturated heterocycles. The van der Waals surface area contributed by atoms with Crippen LogP contribution in [0.4, 0.5) is 4.79 Å². The van der Waals surface area contributed by atoms with Crippen molar-refractivity contribution in [1.82, 2.24) is 4.90 Å². The molecule has 1 saturated carbocycles. The quantitative estimate of drug-likeness (QED) is 0.759. The fourth-order valence-electron chi connectivity index (χ4n) is 2.53. The Kier molecular flexibility index (Phi) is 2.60. The van der Waals surface area contributed by atoms with Gasteiger partial charge in [-0.15, -0.1) is 0 Å². The molecule has 0 aromatic rings. The first-order chi connectivity index (χ1) is 7.73. The summed E-state index contributed by atoms with van der Waals surface area (Å²) in [5.74, 6) is -1.01. The minimum atomic E-state index is -0.740. The number of hydrogen-bond acceptors (Lipinski definition) is 3. The molecular weight excluding hydrogens is 222 g/mol. The Balaban J connectivity index is 1.91. The first-order valence-electron chi connectivity index (χ1n) is 5.94. The van der Waals surface area contributed by atoms with Crippen molar-refractivity contribution in [3.05, 3.63) is 0 Å². The number of carboxylic acid groups (broad SMARTS) is 1. The summed E-state index contributed by atoms with van der Waals surface area (Å²) in [6.45, 7) is 6.62. The molecule has 0 bridgehead atoms. The van der Waals surface area contributed by atoms with E-state index in [4.69, 9.17) is 9.84 Å². The van der Waals surface area contributed by atoms with E-state index in [1.165, 1.54) is 0 Å². The highest BCUT2D eigenvalue weighted by atomic mass is 16.6. The Hall–Kier alpha value is -1.26. The Morgan fingerprint density at radius 3 is 2.53 bits per heavy atom. The van der Waals surface area contributed by atoms with Gasteiger partial charge in [-0.05, 0) is 33.6 Å². The van der Waals surface area contributed by atoms with Crippen LogP contribution in [-0.4, -0.2) is 40.8 Å². The maximum absolute atomic E-state index is 11.8. The van der Waals surface area contributed by atoms with Gasteiger partial charge < -0.3 is 14.7 Å². The zero-order chi connectivity index (χ0) is 12.8. The normalized spacial score (nSPS) is 31.7. The minimum Gasteiger partial charge on any atom is -0.481 e. The van der Waals surface area contributed by atoms with Crippen LogP contribution in [0.5, 0.6) is 0 Å². The summed E-state index contributed by atoms with van der Waals surface area (Å²) >= 11 is 0. The van der Waals surface area contributed by atoms with Crippen LogP contribution < -0.4 is 0 Å². The van der Waals surface area contributed by atoms with Crippen molar-refractivity contribution in [1.29, 1.82) is 0 Å². The number of carbonyl (C=O) groups is 2. The molecule has 1 spiro atoms. The molecule has 1 amide bonds. The van der Waals surface area contributed by atoms with Gasteiger partial charge in [-0.1, -0.05) is 0 Å². The van der Waals surface area contributed by atoms with Crippen LogP contribution in [0, 0.1) is 11.3 Å². The summed E-state index contributed by atoms with van der Waals surface area (Å²) in [7, 11) is 0. The van der Waals surface area contributed by atoms with E-state index in [2.05, 4.69) is 0 Å². The number of rotatable bonds is 1. The van der Waals surface area contributed by atoms with E-state index < -0.39 is 11.6 Å². The molecule has 5 heteroatoms. The molecule has 1 unspecified atom stereocenters. The first kappa shape index (κ1) is 12.2. The van der Waals surface area contributed by atoms with Gasteiger partial charge in [0.1, 0.15) is 5.60 Å². The van der Waals surface area contributed by atoms with Crippen molar-refractivity contribution in [2.75, 3.05) is 13.1 Å². The average molecular weight is 241 g/mol. The lowest BCUT2D eigenvalue weighted by molar-refractivity contribution is -0.139. The standard InChI is InChI=1S/C12H19NO4/c1-11(2,3)17-10(16)13-5-4-12(7-13)6-8(12)9(14)15/h8H,4-7H2,1-3H3,(H,14,15)/t8?,12-/m0/s1. The largest absolute Gasteiger partial charge is 0.481 e. The van der Waals surface area contributed by atoms with Gasteiger partial charge >= 0.3 is 12.1 Å². The summed E-state index contributed by atoms with van der Waals surface area (Å²) < 4.78 is 5.28. The summed E-state index contributed by atoms with van der Waals surface area (Å²) in [4.78, 5) is 24.3. The Bertz CT molecular complexity index is 360. The number of carboxylic acids is 1. The molecule has 2 atom stereocenters. The lowest BCUT2D eigenvalue weighted by Gasteiger charge is -2.24. The van der Waals surface area contributed by atoms with Crippen molar-refractivity contribution >= 4 is 12.1 Å². The van der Waals surface area contributed by atoms with E-state index in [0.29, 0.717) is 19.5 Å². The molecule has 5 nitrogen and oxygen atoms in total. The lowest BCUT2D eigenvalue weighted by atomic mass is 10.0. The third-order valence-corrected chi connectivity index (χ3v) is 3.52. The van der Waals surface area contributed by atoms with Gasteiger partial charge in [0, 0.05) is 18.5 Å². The highest BCUT2D eigenvalue weighted by Crippen LogP contribution is 2.58. The highest BCUT2D eigenvalue weighted by Gasteiger charge is 2.62. The van der Waals surface area contributed by atoms with Crippen LogP contribution in [-0.2, 0) is 9.53 Å². The number of likely N-dealkylation sites (tertiary alicyclic amines) is 1. The topological polar surface area (TPSA) is 66.8 Å². The zero-order valence-corrected chi connectivity index (χ0v) is 10.5. The SMILES string of the molecule is CC(C)(C)OC(=O)N1CC[C@]2(CC2C(=O)O)C1. The predicted octanol–water partition coefficient (Wildman–Crippen LogP) is 1.72. The second-order valence-corrected chi connectivity index (χ2v) is 6.11. The maximum atomic E-state index is 11.8. The number of amides is 1. The molecule has 2 fully saturated rings. The minimum absolute atomic E-state index is 0.164. The molecule has 17 heavy (non-hydrogen) atoms. The van der Waals surface area contributed by atoms with Gasteiger partial charge in [-0.25, -0.2) is 4.79 Å². The van der Waals surface area contributed by atoms with Crippen LogP contribution >= 0.6 is 0 Å². The molecule has 1 aliphatic carbocycles. The van der Waals surface area contributed by atoms with Crippen molar-refractivity contribution in [3.63, 3.8) is 0 Å². The van der Waals surface area contributed by atoms with E-state index in [9.17, 15) is 9.59 Å². The van der Waals surface area contributed by atoms with E-state index in [0.717, 1.165) is 6.42 Å². The van der Waals surface area contributed by atoms with Gasteiger partial charge in [0.2, 0.25) is 0 Å². The molecule has 96 valence electrons. The number of nitrogens with zero attached hydrogens (tertiary/aromatic N) is 1. The van der Waals surface area contributed by atoms with E-state index in [-0.39, 0.29) is 17.4 Å². The van der Waals surface area contributed by atoms with Gasteiger partial charge in [0.05, 0.1) is 5.92 Å². The summed E-state index contributed by atoms with van der Waals surface area (Å²) in [6, 6.07) is 0. The second kappa shape index (κ2) is 3.62. The van der Waals surface area contributed by atoms with E-state index >= 15 is 0 Å². The van der Waals surface area contributed by atoms with Crippen LogP contribution in [0.2, 0.25) is 0 Å². The van der Waals surface area contributed by atoms with Crippen molar-refractivity contribution in [2.24, 2.45) is 11.3 Å². The lowest BCUT2D eigenvalue weighted by Crippen LogP contribution is -2.35. The molecule has 0 aromatic heterocycles. The van der Waals surface area contributed by atoms with Crippen molar-refractivity contribution in [3.8, 4) is 0 Å². The van der Waals surface area contributed by atoms with Crippen LogP contribution in [0.25, 0.3) is 0 Å². The van der Waals surface area contributed by atoms with Crippen LogP contribution in [0.15, 0.2) is 0 Å². The van der Waals surface area contributed by atoms with Gasteiger partial charge in [0.15, 0.2) is 0 Å². The molecule has 0 aromatic carbocycles. The molecule has 0 radical (unpaired) electrons. The number of ether oxygens (including phenoxy) is 1. The third-order valence-electron chi connectivity index (χ3n) is 3.52. The molecular formula is C12H19NO4. The van der Waals surface area contributed by atoms with Crippen molar-refractivity contribution in [2.45, 2.75) is 39.2 Å². The van der Waals surface area contributed by atoms with Gasteiger partial charge in [-0.3, -0.25) is 4.79 Å². The monoisotopic (exact) mass is 241 g/mol. The van der Waals surface area contributed by atoms with Gasteiger partial charge in [0.25, 0.3) is 0 Å². The summed E-state index contributed by atoms with van der Waals surface area (Å²) in [5, 5.41) is 8.96. The summed E-state index contributed by atoms with van der Waals surface area (Å²) in [5.41, 5.74) is -0.661. The van der Waals surface area contributed by atoms with Gasteiger partial charge in [-0.2, -0.15) is 0 Å². The van der Waals surface area contributed by atoms with Crippen LogP contribution in [0.1, 0.15) is 33.6 Å². The molecule has 1 heterocycles. The average Bonchev–Trinajstić information content (AvgIpc) is 2.65. The number of hydrogen-bond donors (Lipinski definition) is 1. The number of carbonyl (C=O) groups excluding carboxylic acids is 1. The number of aliphatic carboxylic acids is 1. The molecule has 2 rings (SSSR count). The van der Waals surface area contributed by atoms with Crippen molar-refractivity contribution < 1.29 is 19.4 Å². The van der Waals surface area contributed by atoms with E-state index in [1.807, 2.05) is 20.8 Å². The van der Waals surface area contributed by atoms with E-state index in [1.54, 1.807) is 4.90 Å². The Labute approximate surface area is 101 Å². The zero-order valence-electron chi connectivity index (χ0n) is 10.5. The fraction of sp³-hybridized carbons (Fsp3) is 0.833. The highest BCUT2D eigenvalue weighted by molar-refractivity contribution is 5.76. The summed E-state index contributed by atoms with van der Waals surface area (Å²) in [6.07, 6.45) is 1.15. The smallest absolute Gasteiger partial charge is 0.410 e. The predicted molar refractivity (Wildman–Crippen MR) is 60.6 cm³/mol.